The molecule has 0 radical (unpaired) electrons. The Morgan fingerprint density at radius 3 is 2.69 bits per heavy atom. The summed E-state index contributed by atoms with van der Waals surface area (Å²) in [7, 11) is 0. The maximum absolute atomic E-state index is 4.80. The lowest BCUT2D eigenvalue weighted by atomic mass is 10.1. The van der Waals surface area contributed by atoms with Gasteiger partial charge in [-0.2, -0.15) is 5.10 Å². The maximum Gasteiger partial charge on any atom is 0.151 e. The molecular weight excluding hydrogens is 342 g/mol. The Morgan fingerprint density at radius 1 is 1.00 bits per heavy atom. The summed E-state index contributed by atoms with van der Waals surface area (Å²) < 4.78 is 2.12. The number of benzene rings is 1. The van der Waals surface area contributed by atoms with E-state index in [-0.39, 0.29) is 0 Å². The van der Waals surface area contributed by atoms with E-state index in [1.165, 1.54) is 11.3 Å². The molecule has 3 aromatic rings. The SMILES string of the molecule is Cc1nc(CCN2CCc3nc(CCc4ccccc4)nn3CC2)cs1. The number of thiazole rings is 1. The van der Waals surface area contributed by atoms with Gasteiger partial charge in [0.15, 0.2) is 5.82 Å². The average Bonchev–Trinajstić information content (AvgIpc) is 3.21. The van der Waals surface area contributed by atoms with Crippen molar-refractivity contribution in [3.8, 4) is 0 Å². The van der Waals surface area contributed by atoms with E-state index in [1.54, 1.807) is 11.3 Å². The van der Waals surface area contributed by atoms with Gasteiger partial charge in [0.25, 0.3) is 0 Å². The van der Waals surface area contributed by atoms with Gasteiger partial charge in [0.1, 0.15) is 5.82 Å². The molecule has 6 heteroatoms. The van der Waals surface area contributed by atoms with Crippen LogP contribution in [0.5, 0.6) is 0 Å². The third kappa shape index (κ3) is 4.37. The van der Waals surface area contributed by atoms with E-state index >= 15 is 0 Å². The van der Waals surface area contributed by atoms with Crippen LogP contribution in [0, 0.1) is 6.92 Å². The molecule has 0 bridgehead atoms. The molecule has 1 aromatic carbocycles. The molecule has 136 valence electrons. The fraction of sp³-hybridized carbons (Fsp3) is 0.450. The third-order valence-electron chi connectivity index (χ3n) is 4.90. The largest absolute Gasteiger partial charge is 0.301 e. The summed E-state index contributed by atoms with van der Waals surface area (Å²) in [5.74, 6) is 2.12. The highest BCUT2D eigenvalue weighted by molar-refractivity contribution is 7.09. The van der Waals surface area contributed by atoms with Crippen LogP contribution in [-0.4, -0.2) is 44.3 Å². The lowest BCUT2D eigenvalue weighted by molar-refractivity contribution is 0.279. The number of rotatable bonds is 6. The van der Waals surface area contributed by atoms with Crippen LogP contribution >= 0.6 is 11.3 Å². The Labute approximate surface area is 158 Å². The first-order valence-electron chi connectivity index (χ1n) is 9.36. The highest BCUT2D eigenvalue weighted by Crippen LogP contribution is 2.12. The summed E-state index contributed by atoms with van der Waals surface area (Å²) in [6.07, 6.45) is 3.93. The first-order chi connectivity index (χ1) is 12.8. The molecule has 3 heterocycles. The van der Waals surface area contributed by atoms with Crippen molar-refractivity contribution < 1.29 is 0 Å². The average molecular weight is 368 g/mol. The molecule has 0 fully saturated rings. The third-order valence-corrected chi connectivity index (χ3v) is 5.73. The van der Waals surface area contributed by atoms with Crippen molar-refractivity contribution in [3.05, 3.63) is 63.6 Å². The Kier molecular flexibility index (Phi) is 5.41. The zero-order chi connectivity index (χ0) is 17.8. The second-order valence-electron chi connectivity index (χ2n) is 6.85. The first kappa shape index (κ1) is 17.4. The molecule has 0 unspecified atom stereocenters. The maximum atomic E-state index is 4.80. The summed E-state index contributed by atoms with van der Waals surface area (Å²) in [6.45, 7) is 6.16. The molecule has 0 amide bonds. The highest BCUT2D eigenvalue weighted by atomic mass is 32.1. The van der Waals surface area contributed by atoms with Crippen molar-refractivity contribution in [1.29, 1.82) is 0 Å². The van der Waals surface area contributed by atoms with E-state index in [0.29, 0.717) is 0 Å². The van der Waals surface area contributed by atoms with Crippen LogP contribution in [0.25, 0.3) is 0 Å². The van der Waals surface area contributed by atoms with Crippen molar-refractivity contribution >= 4 is 11.3 Å². The summed E-state index contributed by atoms with van der Waals surface area (Å²) >= 11 is 1.74. The molecule has 0 saturated carbocycles. The van der Waals surface area contributed by atoms with Gasteiger partial charge in [0, 0.05) is 44.3 Å². The Bertz CT molecular complexity index is 814. The minimum Gasteiger partial charge on any atom is -0.301 e. The van der Waals surface area contributed by atoms with Crippen LogP contribution in [0.4, 0.5) is 0 Å². The van der Waals surface area contributed by atoms with E-state index < -0.39 is 0 Å². The Morgan fingerprint density at radius 2 is 1.88 bits per heavy atom. The van der Waals surface area contributed by atoms with Gasteiger partial charge < -0.3 is 4.90 Å². The van der Waals surface area contributed by atoms with Crippen LogP contribution < -0.4 is 0 Å². The first-order valence-corrected chi connectivity index (χ1v) is 10.2. The zero-order valence-corrected chi connectivity index (χ0v) is 16.1. The zero-order valence-electron chi connectivity index (χ0n) is 15.3. The molecule has 1 aliphatic heterocycles. The molecule has 0 aliphatic carbocycles. The van der Waals surface area contributed by atoms with Crippen molar-refractivity contribution in [2.45, 2.75) is 39.2 Å². The summed E-state index contributed by atoms with van der Waals surface area (Å²) in [6, 6.07) is 10.6. The predicted octanol–water partition coefficient (Wildman–Crippen LogP) is 2.93. The normalized spacial score (nSPS) is 15.0. The predicted molar refractivity (Wildman–Crippen MR) is 105 cm³/mol. The lowest BCUT2D eigenvalue weighted by Crippen LogP contribution is -2.29. The number of fused-ring (bicyclic) bond motifs is 1. The second kappa shape index (κ2) is 8.10. The van der Waals surface area contributed by atoms with E-state index in [4.69, 9.17) is 10.1 Å². The molecule has 26 heavy (non-hydrogen) atoms. The van der Waals surface area contributed by atoms with Gasteiger partial charge in [-0.1, -0.05) is 30.3 Å². The molecule has 1 aliphatic rings. The van der Waals surface area contributed by atoms with Crippen molar-refractivity contribution in [2.75, 3.05) is 19.6 Å². The minimum absolute atomic E-state index is 0.914. The highest BCUT2D eigenvalue weighted by Gasteiger charge is 2.17. The van der Waals surface area contributed by atoms with Gasteiger partial charge in [-0.15, -0.1) is 11.3 Å². The van der Waals surface area contributed by atoms with E-state index in [9.17, 15) is 0 Å². The molecule has 2 aromatic heterocycles. The second-order valence-corrected chi connectivity index (χ2v) is 7.91. The number of hydrogen-bond donors (Lipinski definition) is 0. The Balaban J connectivity index is 1.29. The van der Waals surface area contributed by atoms with Crippen molar-refractivity contribution in [3.63, 3.8) is 0 Å². The van der Waals surface area contributed by atoms with E-state index in [0.717, 1.165) is 68.5 Å². The van der Waals surface area contributed by atoms with Gasteiger partial charge >= 0.3 is 0 Å². The van der Waals surface area contributed by atoms with Crippen LogP contribution in [0.3, 0.4) is 0 Å². The van der Waals surface area contributed by atoms with Crippen LogP contribution in [-0.2, 0) is 32.2 Å². The summed E-state index contributed by atoms with van der Waals surface area (Å²) in [5, 5.41) is 8.09. The number of aromatic nitrogens is 4. The van der Waals surface area contributed by atoms with Crippen LogP contribution in [0.1, 0.15) is 27.9 Å². The number of aryl methyl sites for hydroxylation is 3. The van der Waals surface area contributed by atoms with Gasteiger partial charge in [-0.25, -0.2) is 14.6 Å². The van der Waals surface area contributed by atoms with Crippen molar-refractivity contribution in [1.82, 2.24) is 24.6 Å². The summed E-state index contributed by atoms with van der Waals surface area (Å²) in [5.41, 5.74) is 2.57. The van der Waals surface area contributed by atoms with E-state index in [2.05, 4.69) is 57.2 Å². The fourth-order valence-corrected chi connectivity index (χ4v) is 4.07. The van der Waals surface area contributed by atoms with Gasteiger partial charge in [-0.3, -0.25) is 0 Å². The minimum atomic E-state index is 0.914. The Hall–Kier alpha value is -2.05. The van der Waals surface area contributed by atoms with Crippen LogP contribution in [0.2, 0.25) is 0 Å². The molecule has 5 nitrogen and oxygen atoms in total. The van der Waals surface area contributed by atoms with Crippen LogP contribution in [0.15, 0.2) is 35.7 Å². The van der Waals surface area contributed by atoms with Gasteiger partial charge in [0.2, 0.25) is 0 Å². The van der Waals surface area contributed by atoms with Gasteiger partial charge in [-0.05, 0) is 18.9 Å². The smallest absolute Gasteiger partial charge is 0.151 e. The fourth-order valence-electron chi connectivity index (χ4n) is 3.42. The monoisotopic (exact) mass is 367 g/mol. The standard InChI is InChI=1S/C20H25N5S/c1-16-21-18(15-26-16)9-11-24-12-10-20-22-19(23-25(20)14-13-24)8-7-17-5-3-2-4-6-17/h2-6,15H,7-14H2,1H3. The van der Waals surface area contributed by atoms with E-state index in [1.807, 2.05) is 0 Å². The topological polar surface area (TPSA) is 46.8 Å². The number of nitrogens with zero attached hydrogens (tertiary/aromatic N) is 5. The molecular formula is C20H25N5S. The molecule has 0 saturated heterocycles. The molecule has 0 N–H and O–H groups in total. The van der Waals surface area contributed by atoms with Gasteiger partial charge in [0.05, 0.1) is 17.2 Å². The lowest BCUT2D eigenvalue weighted by Gasteiger charge is -2.18. The quantitative estimate of drug-likeness (QED) is 0.672. The molecule has 0 spiro atoms. The number of hydrogen-bond acceptors (Lipinski definition) is 5. The van der Waals surface area contributed by atoms with Crippen molar-refractivity contribution in [2.24, 2.45) is 0 Å². The summed E-state index contributed by atoms with van der Waals surface area (Å²) in [4.78, 5) is 11.9. The molecule has 4 rings (SSSR count). The molecule has 0 atom stereocenters.